The van der Waals surface area contributed by atoms with Crippen LogP contribution < -0.4 is 15.4 Å². The molecular weight excluding hydrogens is 306 g/mol. The van der Waals surface area contributed by atoms with Gasteiger partial charge in [-0.25, -0.2) is 8.42 Å². The molecule has 1 amide bonds. The number of carbonyl (C=O) groups excluding carboxylic acids is 1. The van der Waals surface area contributed by atoms with Crippen molar-refractivity contribution in [2.24, 2.45) is 0 Å². The molecule has 1 aromatic carbocycles. The normalized spacial score (nSPS) is 22.1. The van der Waals surface area contributed by atoms with Crippen LogP contribution in [-0.2, 0) is 19.6 Å². The van der Waals surface area contributed by atoms with Gasteiger partial charge in [-0.3, -0.25) is 9.52 Å². The van der Waals surface area contributed by atoms with Gasteiger partial charge < -0.3 is 15.4 Å². The molecule has 0 aliphatic carbocycles. The number of aryl methyl sites for hydroxylation is 1. The molecule has 0 spiro atoms. The summed E-state index contributed by atoms with van der Waals surface area (Å²) >= 11 is 0. The van der Waals surface area contributed by atoms with E-state index < -0.39 is 16.1 Å². The Morgan fingerprint density at radius 3 is 2.77 bits per heavy atom. The quantitative estimate of drug-likeness (QED) is 0.756. The van der Waals surface area contributed by atoms with E-state index in [4.69, 9.17) is 4.74 Å². The molecule has 1 fully saturated rings. The molecule has 7 nitrogen and oxygen atoms in total. The molecule has 1 aliphatic rings. The van der Waals surface area contributed by atoms with Crippen LogP contribution in [-0.4, -0.2) is 45.9 Å². The predicted molar refractivity (Wildman–Crippen MR) is 85.5 cm³/mol. The first-order chi connectivity index (χ1) is 10.3. The van der Waals surface area contributed by atoms with Crippen LogP contribution in [0.3, 0.4) is 0 Å². The fourth-order valence-electron chi connectivity index (χ4n) is 2.26. The lowest BCUT2D eigenvalue weighted by atomic mass is 10.1. The Hall–Kier alpha value is -1.64. The summed E-state index contributed by atoms with van der Waals surface area (Å²) in [5, 5.41) is 5.88. The molecule has 3 N–H and O–H groups in total. The highest BCUT2D eigenvalue weighted by Gasteiger charge is 2.28. The third kappa shape index (κ3) is 4.43. The second-order valence-electron chi connectivity index (χ2n) is 5.40. The number of anilines is 2. The average Bonchev–Trinajstić information content (AvgIpc) is 2.41. The van der Waals surface area contributed by atoms with Crippen molar-refractivity contribution in [2.75, 3.05) is 29.4 Å². The number of ether oxygens (including phenoxy) is 1. The van der Waals surface area contributed by atoms with Gasteiger partial charge in [-0.05, 0) is 31.5 Å². The van der Waals surface area contributed by atoms with E-state index in [0.29, 0.717) is 24.5 Å². The third-order valence-corrected chi connectivity index (χ3v) is 3.99. The predicted octanol–water partition coefficient (Wildman–Crippen LogP) is 0.682. The van der Waals surface area contributed by atoms with Gasteiger partial charge in [0.05, 0.1) is 24.7 Å². The van der Waals surface area contributed by atoms with Crippen molar-refractivity contribution >= 4 is 27.3 Å². The number of hydrogen-bond acceptors (Lipinski definition) is 5. The first kappa shape index (κ1) is 16.7. The minimum Gasteiger partial charge on any atom is -0.375 e. The molecular formula is C14H21N3O4S. The number of hydrogen-bond donors (Lipinski definition) is 3. The molecule has 1 aromatic rings. The summed E-state index contributed by atoms with van der Waals surface area (Å²) in [5.74, 6) is -0.207. The second kappa shape index (κ2) is 6.64. The summed E-state index contributed by atoms with van der Waals surface area (Å²) in [6, 6.07) is 4.65. The van der Waals surface area contributed by atoms with Crippen molar-refractivity contribution in [3.05, 3.63) is 23.8 Å². The zero-order valence-electron chi connectivity index (χ0n) is 12.8. The second-order valence-corrected chi connectivity index (χ2v) is 7.15. The molecule has 0 saturated carbocycles. The van der Waals surface area contributed by atoms with E-state index in [2.05, 4.69) is 15.4 Å². The minimum atomic E-state index is -3.37. The number of amides is 1. The van der Waals surface area contributed by atoms with E-state index in [9.17, 15) is 13.2 Å². The zero-order valence-corrected chi connectivity index (χ0v) is 13.7. The Balaban J connectivity index is 2.12. The first-order valence-corrected chi connectivity index (χ1v) is 8.90. The number of carbonyl (C=O) groups is 1. The molecule has 0 unspecified atom stereocenters. The maximum atomic E-state index is 12.3. The van der Waals surface area contributed by atoms with E-state index in [1.807, 2.05) is 6.92 Å². The van der Waals surface area contributed by atoms with Crippen LogP contribution in [0, 0.1) is 6.92 Å². The maximum absolute atomic E-state index is 12.3. The summed E-state index contributed by atoms with van der Waals surface area (Å²) in [5.41, 5.74) is 1.75. The molecule has 1 aliphatic heterocycles. The molecule has 2 atom stereocenters. The van der Waals surface area contributed by atoms with Gasteiger partial charge in [-0.15, -0.1) is 0 Å². The van der Waals surface area contributed by atoms with Gasteiger partial charge >= 0.3 is 0 Å². The molecule has 122 valence electrons. The van der Waals surface area contributed by atoms with Crippen molar-refractivity contribution in [3.8, 4) is 0 Å². The first-order valence-electron chi connectivity index (χ1n) is 7.00. The number of benzene rings is 1. The van der Waals surface area contributed by atoms with Crippen molar-refractivity contribution < 1.29 is 17.9 Å². The Labute approximate surface area is 130 Å². The summed E-state index contributed by atoms with van der Waals surface area (Å²) in [6.07, 6.45) is 0.871. The van der Waals surface area contributed by atoms with Crippen LogP contribution >= 0.6 is 0 Å². The zero-order chi connectivity index (χ0) is 16.3. The lowest BCUT2D eigenvalue weighted by molar-refractivity contribution is -0.123. The van der Waals surface area contributed by atoms with Gasteiger partial charge in [0.1, 0.15) is 6.04 Å². The molecule has 22 heavy (non-hydrogen) atoms. The van der Waals surface area contributed by atoms with Crippen molar-refractivity contribution in [2.45, 2.75) is 26.0 Å². The Morgan fingerprint density at radius 2 is 2.14 bits per heavy atom. The van der Waals surface area contributed by atoms with E-state index in [0.717, 1.165) is 11.8 Å². The number of nitrogens with one attached hydrogen (secondary N) is 3. The Morgan fingerprint density at radius 1 is 1.41 bits per heavy atom. The van der Waals surface area contributed by atoms with Gasteiger partial charge in [0.15, 0.2) is 0 Å². The molecule has 1 saturated heterocycles. The highest BCUT2D eigenvalue weighted by Crippen LogP contribution is 2.21. The topological polar surface area (TPSA) is 96.5 Å². The SMILES string of the molecule is Cc1ccc(NC(=O)[C@H]2NCCO[C@@H]2C)cc1NS(C)(=O)=O. The standard InChI is InChI=1S/C14H21N3O4S/c1-9-4-5-11(8-12(9)17-22(3,19)20)16-14(18)13-10(2)21-7-6-15-13/h4-5,8,10,13,15,17H,6-7H2,1-3H3,(H,16,18)/t10-,13+/m1/s1. The van der Waals surface area contributed by atoms with E-state index in [1.54, 1.807) is 25.1 Å². The lowest BCUT2D eigenvalue weighted by Crippen LogP contribution is -2.53. The monoisotopic (exact) mass is 327 g/mol. The fraction of sp³-hybridized carbons (Fsp3) is 0.500. The van der Waals surface area contributed by atoms with Crippen LogP contribution in [0.4, 0.5) is 11.4 Å². The maximum Gasteiger partial charge on any atom is 0.244 e. The van der Waals surface area contributed by atoms with Crippen LogP contribution in [0.5, 0.6) is 0 Å². The number of rotatable bonds is 4. The number of morpholine rings is 1. The van der Waals surface area contributed by atoms with E-state index >= 15 is 0 Å². The van der Waals surface area contributed by atoms with Gasteiger partial charge in [0.25, 0.3) is 0 Å². The summed E-state index contributed by atoms with van der Waals surface area (Å²) in [7, 11) is -3.37. The van der Waals surface area contributed by atoms with Gasteiger partial charge in [-0.2, -0.15) is 0 Å². The van der Waals surface area contributed by atoms with Crippen molar-refractivity contribution in [1.29, 1.82) is 0 Å². The van der Waals surface area contributed by atoms with Crippen LogP contribution in [0.25, 0.3) is 0 Å². The van der Waals surface area contributed by atoms with E-state index in [-0.39, 0.29) is 12.0 Å². The number of sulfonamides is 1. The average molecular weight is 327 g/mol. The largest absolute Gasteiger partial charge is 0.375 e. The highest BCUT2D eigenvalue weighted by atomic mass is 32.2. The highest BCUT2D eigenvalue weighted by molar-refractivity contribution is 7.92. The van der Waals surface area contributed by atoms with Gasteiger partial charge in [0.2, 0.25) is 15.9 Å². The van der Waals surface area contributed by atoms with Crippen LogP contribution in [0.15, 0.2) is 18.2 Å². The molecule has 1 heterocycles. The Kier molecular flexibility index (Phi) is 5.05. The smallest absolute Gasteiger partial charge is 0.244 e. The van der Waals surface area contributed by atoms with Crippen LogP contribution in [0.1, 0.15) is 12.5 Å². The molecule has 0 bridgehead atoms. The van der Waals surface area contributed by atoms with Crippen molar-refractivity contribution in [3.63, 3.8) is 0 Å². The van der Waals surface area contributed by atoms with Crippen LogP contribution in [0.2, 0.25) is 0 Å². The third-order valence-electron chi connectivity index (χ3n) is 3.40. The fourth-order valence-corrected chi connectivity index (χ4v) is 2.88. The molecule has 0 aromatic heterocycles. The summed E-state index contributed by atoms with van der Waals surface area (Å²) in [4.78, 5) is 12.3. The lowest BCUT2D eigenvalue weighted by Gasteiger charge is -2.29. The minimum absolute atomic E-state index is 0.207. The molecule has 8 heteroatoms. The van der Waals surface area contributed by atoms with Gasteiger partial charge in [0, 0.05) is 12.2 Å². The summed E-state index contributed by atoms with van der Waals surface area (Å²) < 4.78 is 30.6. The van der Waals surface area contributed by atoms with E-state index in [1.165, 1.54) is 0 Å². The van der Waals surface area contributed by atoms with Crippen molar-refractivity contribution in [1.82, 2.24) is 5.32 Å². The summed E-state index contributed by atoms with van der Waals surface area (Å²) in [6.45, 7) is 4.83. The molecule has 0 radical (unpaired) electrons. The molecule has 2 rings (SSSR count). The Bertz CT molecular complexity index is 660. The van der Waals surface area contributed by atoms with Gasteiger partial charge in [-0.1, -0.05) is 6.07 Å².